The number of carbonyl (C=O) groups excluding carboxylic acids is 1. The van der Waals surface area contributed by atoms with Gasteiger partial charge in [0.15, 0.2) is 5.78 Å². The Morgan fingerprint density at radius 3 is 2.30 bits per heavy atom. The number of alkyl halides is 3. The van der Waals surface area contributed by atoms with Crippen LogP contribution in [-0.4, -0.2) is 5.78 Å². The molecule has 0 atom stereocenters. The summed E-state index contributed by atoms with van der Waals surface area (Å²) in [7, 11) is 0. The second kappa shape index (κ2) is 5.07. The molecule has 0 unspecified atom stereocenters. The number of carbonyl (C=O) groups is 1. The summed E-state index contributed by atoms with van der Waals surface area (Å²) in [6, 6.07) is 8.08. The highest BCUT2D eigenvalue weighted by molar-refractivity contribution is 6.10. The first-order valence-corrected chi connectivity index (χ1v) is 5.78. The summed E-state index contributed by atoms with van der Waals surface area (Å²) in [6.07, 6.45) is -4.63. The van der Waals surface area contributed by atoms with Gasteiger partial charge in [-0.25, -0.2) is 4.39 Å². The van der Waals surface area contributed by atoms with Crippen molar-refractivity contribution in [1.29, 1.82) is 0 Å². The number of aryl methyl sites for hydroxylation is 1. The Bertz CT molecular complexity index is 659. The Kier molecular flexibility index (Phi) is 3.61. The van der Waals surface area contributed by atoms with E-state index in [0.717, 1.165) is 18.2 Å². The lowest BCUT2D eigenvalue weighted by atomic mass is 9.97. The maximum absolute atomic E-state index is 13.4. The van der Waals surface area contributed by atoms with Crippen LogP contribution in [0.3, 0.4) is 0 Å². The SMILES string of the molecule is Cc1ccc(C(=O)c2ccccc2C(F)(F)F)cc1F. The summed E-state index contributed by atoms with van der Waals surface area (Å²) in [6.45, 7) is 1.51. The maximum Gasteiger partial charge on any atom is 0.417 e. The predicted molar refractivity (Wildman–Crippen MR) is 66.0 cm³/mol. The fraction of sp³-hybridized carbons (Fsp3) is 0.133. The highest BCUT2D eigenvalue weighted by atomic mass is 19.4. The van der Waals surface area contributed by atoms with Crippen LogP contribution in [0.1, 0.15) is 27.0 Å². The largest absolute Gasteiger partial charge is 0.417 e. The van der Waals surface area contributed by atoms with Crippen molar-refractivity contribution in [3.8, 4) is 0 Å². The third-order valence-electron chi connectivity index (χ3n) is 2.91. The van der Waals surface area contributed by atoms with Crippen LogP contribution in [0.4, 0.5) is 17.6 Å². The van der Waals surface area contributed by atoms with Crippen LogP contribution in [0.5, 0.6) is 0 Å². The van der Waals surface area contributed by atoms with Crippen molar-refractivity contribution in [2.24, 2.45) is 0 Å². The molecule has 2 rings (SSSR count). The molecule has 104 valence electrons. The zero-order chi connectivity index (χ0) is 14.9. The minimum absolute atomic E-state index is 0.107. The van der Waals surface area contributed by atoms with Crippen molar-refractivity contribution >= 4 is 5.78 Å². The van der Waals surface area contributed by atoms with Crippen molar-refractivity contribution in [2.75, 3.05) is 0 Å². The molecule has 0 fully saturated rings. The van der Waals surface area contributed by atoms with Crippen molar-refractivity contribution in [2.45, 2.75) is 13.1 Å². The van der Waals surface area contributed by atoms with E-state index in [0.29, 0.717) is 5.56 Å². The van der Waals surface area contributed by atoms with E-state index in [1.165, 1.54) is 31.2 Å². The number of hydrogen-bond donors (Lipinski definition) is 0. The van der Waals surface area contributed by atoms with Gasteiger partial charge in [0.25, 0.3) is 0 Å². The molecule has 2 aromatic carbocycles. The molecule has 0 bridgehead atoms. The smallest absolute Gasteiger partial charge is 0.289 e. The Hall–Kier alpha value is -2.17. The number of benzene rings is 2. The molecule has 20 heavy (non-hydrogen) atoms. The van der Waals surface area contributed by atoms with Gasteiger partial charge in [0, 0.05) is 11.1 Å². The van der Waals surface area contributed by atoms with Crippen molar-refractivity contribution in [3.05, 3.63) is 70.5 Å². The Morgan fingerprint density at radius 2 is 1.70 bits per heavy atom. The summed E-state index contributed by atoms with van der Waals surface area (Å²) in [5, 5.41) is 0. The van der Waals surface area contributed by atoms with E-state index in [4.69, 9.17) is 0 Å². The van der Waals surface area contributed by atoms with E-state index in [2.05, 4.69) is 0 Å². The summed E-state index contributed by atoms with van der Waals surface area (Å²) in [5.74, 6) is -1.47. The average Bonchev–Trinajstić information content (AvgIpc) is 2.40. The second-order valence-corrected chi connectivity index (χ2v) is 4.34. The fourth-order valence-electron chi connectivity index (χ4n) is 1.82. The highest BCUT2D eigenvalue weighted by Gasteiger charge is 2.35. The molecule has 0 aliphatic carbocycles. The van der Waals surface area contributed by atoms with Crippen molar-refractivity contribution in [3.63, 3.8) is 0 Å². The van der Waals surface area contributed by atoms with Gasteiger partial charge in [-0.05, 0) is 24.6 Å². The van der Waals surface area contributed by atoms with Gasteiger partial charge >= 0.3 is 6.18 Å². The molecule has 0 heterocycles. The molecule has 0 N–H and O–H groups in total. The van der Waals surface area contributed by atoms with Crippen LogP contribution < -0.4 is 0 Å². The van der Waals surface area contributed by atoms with Gasteiger partial charge in [0.2, 0.25) is 0 Å². The molecule has 0 aliphatic rings. The zero-order valence-corrected chi connectivity index (χ0v) is 10.5. The number of rotatable bonds is 2. The van der Waals surface area contributed by atoms with Crippen LogP contribution in [0.15, 0.2) is 42.5 Å². The van der Waals surface area contributed by atoms with E-state index < -0.39 is 28.9 Å². The second-order valence-electron chi connectivity index (χ2n) is 4.34. The molecule has 0 saturated heterocycles. The summed E-state index contributed by atoms with van der Waals surface area (Å²) >= 11 is 0. The standard InChI is InChI=1S/C15H10F4O/c1-9-6-7-10(8-13(9)16)14(20)11-4-2-3-5-12(11)15(17,18)19/h2-8H,1H3. The van der Waals surface area contributed by atoms with Gasteiger partial charge in [-0.1, -0.05) is 30.3 Å². The number of hydrogen-bond acceptors (Lipinski definition) is 1. The molecule has 0 spiro atoms. The van der Waals surface area contributed by atoms with E-state index in [1.54, 1.807) is 0 Å². The third kappa shape index (κ3) is 2.71. The zero-order valence-electron chi connectivity index (χ0n) is 10.5. The fourth-order valence-corrected chi connectivity index (χ4v) is 1.82. The molecular formula is C15H10F4O. The molecule has 0 radical (unpaired) electrons. The van der Waals surface area contributed by atoms with Crippen LogP contribution in [0.2, 0.25) is 0 Å². The van der Waals surface area contributed by atoms with E-state index in [1.807, 2.05) is 0 Å². The molecule has 0 aromatic heterocycles. The molecule has 0 aliphatic heterocycles. The lowest BCUT2D eigenvalue weighted by Crippen LogP contribution is -2.13. The van der Waals surface area contributed by atoms with E-state index in [9.17, 15) is 22.4 Å². The first-order valence-electron chi connectivity index (χ1n) is 5.78. The molecule has 5 heteroatoms. The maximum atomic E-state index is 13.4. The van der Waals surface area contributed by atoms with Crippen LogP contribution >= 0.6 is 0 Å². The minimum atomic E-state index is -4.63. The minimum Gasteiger partial charge on any atom is -0.289 e. The quantitative estimate of drug-likeness (QED) is 0.590. The van der Waals surface area contributed by atoms with Crippen LogP contribution in [-0.2, 0) is 6.18 Å². The molecule has 0 amide bonds. The van der Waals surface area contributed by atoms with Gasteiger partial charge < -0.3 is 0 Å². The van der Waals surface area contributed by atoms with E-state index >= 15 is 0 Å². The van der Waals surface area contributed by atoms with E-state index in [-0.39, 0.29) is 5.56 Å². The molecule has 2 aromatic rings. The highest BCUT2D eigenvalue weighted by Crippen LogP contribution is 2.32. The molecular weight excluding hydrogens is 272 g/mol. The average molecular weight is 282 g/mol. The topological polar surface area (TPSA) is 17.1 Å². The summed E-state index contributed by atoms with van der Waals surface area (Å²) in [4.78, 5) is 12.1. The van der Waals surface area contributed by atoms with Crippen molar-refractivity contribution in [1.82, 2.24) is 0 Å². The number of halogens is 4. The predicted octanol–water partition coefficient (Wildman–Crippen LogP) is 4.38. The summed E-state index contributed by atoms with van der Waals surface area (Å²) < 4.78 is 51.9. The van der Waals surface area contributed by atoms with Gasteiger partial charge in [-0.3, -0.25) is 4.79 Å². The third-order valence-corrected chi connectivity index (χ3v) is 2.91. The molecule has 1 nitrogen and oxygen atoms in total. The first kappa shape index (κ1) is 14.2. The number of ketones is 1. The lowest BCUT2D eigenvalue weighted by Gasteiger charge is -2.12. The first-order chi connectivity index (χ1) is 9.30. The van der Waals surface area contributed by atoms with Crippen LogP contribution in [0, 0.1) is 12.7 Å². The van der Waals surface area contributed by atoms with Gasteiger partial charge in [0.1, 0.15) is 5.82 Å². The monoisotopic (exact) mass is 282 g/mol. The Balaban J connectivity index is 2.51. The summed E-state index contributed by atoms with van der Waals surface area (Å²) in [5.41, 5.74) is -1.29. The van der Waals surface area contributed by atoms with Gasteiger partial charge in [0.05, 0.1) is 5.56 Å². The molecule has 0 saturated carbocycles. The van der Waals surface area contributed by atoms with Gasteiger partial charge in [-0.2, -0.15) is 13.2 Å². The Labute approximate surface area is 112 Å². The van der Waals surface area contributed by atoms with Gasteiger partial charge in [-0.15, -0.1) is 0 Å². The lowest BCUT2D eigenvalue weighted by molar-refractivity contribution is -0.137. The normalized spacial score (nSPS) is 11.4. The van der Waals surface area contributed by atoms with Crippen molar-refractivity contribution < 1.29 is 22.4 Å². The Morgan fingerprint density at radius 1 is 1.05 bits per heavy atom. The van der Waals surface area contributed by atoms with Crippen LogP contribution in [0.25, 0.3) is 0 Å².